The van der Waals surface area contributed by atoms with Crippen molar-refractivity contribution >= 4 is 17.6 Å². The van der Waals surface area contributed by atoms with Crippen LogP contribution in [0.15, 0.2) is 41.4 Å². The van der Waals surface area contributed by atoms with Gasteiger partial charge in [0.25, 0.3) is 0 Å². The van der Waals surface area contributed by atoms with Gasteiger partial charge in [-0.2, -0.15) is 0 Å². The van der Waals surface area contributed by atoms with Gasteiger partial charge in [0.05, 0.1) is 11.4 Å². The van der Waals surface area contributed by atoms with Crippen molar-refractivity contribution in [2.24, 2.45) is 4.99 Å². The second-order valence-corrected chi connectivity index (χ2v) is 5.95. The van der Waals surface area contributed by atoms with Crippen LogP contribution in [0.3, 0.4) is 0 Å². The molecule has 0 aliphatic carbocycles. The van der Waals surface area contributed by atoms with Crippen LogP contribution in [0.5, 0.6) is 0 Å². The molecular formula is C19H21FN2. The maximum absolute atomic E-state index is 14.4. The van der Waals surface area contributed by atoms with E-state index in [1.807, 2.05) is 44.2 Å². The van der Waals surface area contributed by atoms with E-state index in [1.54, 1.807) is 12.3 Å². The fourth-order valence-corrected chi connectivity index (χ4v) is 2.87. The first-order chi connectivity index (χ1) is 10.6. The smallest absolute Gasteiger partial charge is 0.147 e. The Labute approximate surface area is 131 Å². The van der Waals surface area contributed by atoms with Crippen LogP contribution in [0.1, 0.15) is 29.5 Å². The van der Waals surface area contributed by atoms with Gasteiger partial charge in [0.2, 0.25) is 0 Å². The maximum atomic E-state index is 14.4. The molecule has 0 unspecified atom stereocenters. The molecule has 0 aromatic heterocycles. The predicted molar refractivity (Wildman–Crippen MR) is 91.0 cm³/mol. The summed E-state index contributed by atoms with van der Waals surface area (Å²) in [5.41, 5.74) is 4.68. The van der Waals surface area contributed by atoms with E-state index in [1.165, 1.54) is 5.56 Å². The van der Waals surface area contributed by atoms with Crippen LogP contribution in [0, 0.1) is 19.7 Å². The van der Waals surface area contributed by atoms with E-state index in [-0.39, 0.29) is 5.82 Å². The third-order valence-corrected chi connectivity index (χ3v) is 4.14. The number of halogens is 1. The lowest BCUT2D eigenvalue weighted by atomic mass is 10.1. The summed E-state index contributed by atoms with van der Waals surface area (Å²) in [6, 6.07) is 11.5. The van der Waals surface area contributed by atoms with E-state index in [9.17, 15) is 4.39 Å². The molecule has 1 saturated heterocycles. The zero-order chi connectivity index (χ0) is 15.5. The molecule has 114 valence electrons. The fraction of sp³-hybridized carbons (Fsp3) is 0.316. The standard InChI is InChI=1S/C19H21FN2/c1-14-6-5-7-17(10-14)21-13-16-12-18(20)19(11-15(16)2)22-8-3-4-9-22/h5-7,10-13H,3-4,8-9H2,1-2H3. The van der Waals surface area contributed by atoms with Crippen molar-refractivity contribution in [1.82, 2.24) is 0 Å². The quantitative estimate of drug-likeness (QED) is 0.743. The molecule has 1 aliphatic rings. The summed E-state index contributed by atoms with van der Waals surface area (Å²) in [5, 5.41) is 0. The summed E-state index contributed by atoms with van der Waals surface area (Å²) in [7, 11) is 0. The minimum atomic E-state index is -0.154. The van der Waals surface area contributed by atoms with Crippen molar-refractivity contribution in [1.29, 1.82) is 0 Å². The van der Waals surface area contributed by atoms with Crippen molar-refractivity contribution in [3.63, 3.8) is 0 Å². The van der Waals surface area contributed by atoms with E-state index >= 15 is 0 Å². The highest BCUT2D eigenvalue weighted by Crippen LogP contribution is 2.26. The van der Waals surface area contributed by atoms with Gasteiger partial charge in [0.1, 0.15) is 5.82 Å². The van der Waals surface area contributed by atoms with Crippen LogP contribution in [-0.2, 0) is 0 Å². The monoisotopic (exact) mass is 296 g/mol. The third-order valence-electron chi connectivity index (χ3n) is 4.14. The lowest BCUT2D eigenvalue weighted by molar-refractivity contribution is 0.622. The maximum Gasteiger partial charge on any atom is 0.147 e. The van der Waals surface area contributed by atoms with Crippen LogP contribution in [-0.4, -0.2) is 19.3 Å². The SMILES string of the molecule is Cc1cccc(N=Cc2cc(F)c(N3CCCC3)cc2C)c1. The highest BCUT2D eigenvalue weighted by atomic mass is 19.1. The summed E-state index contributed by atoms with van der Waals surface area (Å²) in [4.78, 5) is 6.59. The zero-order valence-corrected chi connectivity index (χ0v) is 13.1. The molecule has 0 radical (unpaired) electrons. The molecule has 0 saturated carbocycles. The van der Waals surface area contributed by atoms with Gasteiger partial charge in [-0.3, -0.25) is 4.99 Å². The number of hydrogen-bond acceptors (Lipinski definition) is 2. The Balaban J connectivity index is 1.86. The molecular weight excluding hydrogens is 275 g/mol. The second kappa shape index (κ2) is 6.30. The highest BCUT2D eigenvalue weighted by Gasteiger charge is 2.17. The molecule has 1 fully saturated rings. The molecule has 3 heteroatoms. The average Bonchev–Trinajstić information content (AvgIpc) is 3.02. The lowest BCUT2D eigenvalue weighted by Gasteiger charge is -2.19. The number of hydrogen-bond donors (Lipinski definition) is 0. The highest BCUT2D eigenvalue weighted by molar-refractivity contribution is 5.84. The van der Waals surface area contributed by atoms with Gasteiger partial charge in [-0.25, -0.2) is 4.39 Å². The number of aryl methyl sites for hydroxylation is 2. The molecule has 0 atom stereocenters. The topological polar surface area (TPSA) is 15.6 Å². The largest absolute Gasteiger partial charge is 0.369 e. The average molecular weight is 296 g/mol. The lowest BCUT2D eigenvalue weighted by Crippen LogP contribution is -2.19. The Bertz CT molecular complexity index is 701. The molecule has 2 aromatic carbocycles. The van der Waals surface area contributed by atoms with Crippen molar-refractivity contribution < 1.29 is 4.39 Å². The number of benzene rings is 2. The van der Waals surface area contributed by atoms with Gasteiger partial charge in [0.15, 0.2) is 0 Å². The Morgan fingerprint density at radius 1 is 1.09 bits per heavy atom. The summed E-state index contributed by atoms with van der Waals surface area (Å²) < 4.78 is 14.4. The zero-order valence-electron chi connectivity index (χ0n) is 13.1. The summed E-state index contributed by atoms with van der Waals surface area (Å²) in [6.45, 7) is 5.95. The second-order valence-electron chi connectivity index (χ2n) is 5.95. The molecule has 0 spiro atoms. The van der Waals surface area contributed by atoms with Gasteiger partial charge in [-0.05, 0) is 67.6 Å². The van der Waals surface area contributed by atoms with Crippen LogP contribution in [0.2, 0.25) is 0 Å². The fourth-order valence-electron chi connectivity index (χ4n) is 2.87. The van der Waals surface area contributed by atoms with Gasteiger partial charge < -0.3 is 4.90 Å². The molecule has 1 aliphatic heterocycles. The van der Waals surface area contributed by atoms with E-state index in [0.29, 0.717) is 0 Å². The first kappa shape index (κ1) is 14.8. The molecule has 2 aromatic rings. The van der Waals surface area contributed by atoms with Crippen LogP contribution in [0.4, 0.5) is 15.8 Å². The van der Waals surface area contributed by atoms with Crippen molar-refractivity contribution in [3.8, 4) is 0 Å². The van der Waals surface area contributed by atoms with Crippen molar-refractivity contribution in [3.05, 3.63) is 58.9 Å². The van der Waals surface area contributed by atoms with E-state index in [0.717, 1.165) is 48.4 Å². The van der Waals surface area contributed by atoms with Crippen molar-refractivity contribution in [2.75, 3.05) is 18.0 Å². The Hall–Kier alpha value is -2.16. The van der Waals surface area contributed by atoms with Gasteiger partial charge >= 0.3 is 0 Å². The van der Waals surface area contributed by atoms with Crippen LogP contribution in [0.25, 0.3) is 0 Å². The summed E-state index contributed by atoms with van der Waals surface area (Å²) >= 11 is 0. The Kier molecular flexibility index (Phi) is 4.23. The summed E-state index contributed by atoms with van der Waals surface area (Å²) in [6.07, 6.45) is 4.05. The third kappa shape index (κ3) is 3.19. The van der Waals surface area contributed by atoms with Gasteiger partial charge in [0, 0.05) is 19.3 Å². The molecule has 0 amide bonds. The molecule has 0 bridgehead atoms. The molecule has 2 nitrogen and oxygen atoms in total. The van der Waals surface area contributed by atoms with Crippen molar-refractivity contribution in [2.45, 2.75) is 26.7 Å². The van der Waals surface area contributed by atoms with E-state index in [2.05, 4.69) is 9.89 Å². The Morgan fingerprint density at radius 3 is 2.59 bits per heavy atom. The van der Waals surface area contributed by atoms with Crippen LogP contribution < -0.4 is 4.90 Å². The number of aliphatic imine (C=N–C) groups is 1. The Morgan fingerprint density at radius 2 is 1.86 bits per heavy atom. The molecule has 22 heavy (non-hydrogen) atoms. The minimum absolute atomic E-state index is 0.154. The minimum Gasteiger partial charge on any atom is -0.369 e. The van der Waals surface area contributed by atoms with Gasteiger partial charge in [-0.1, -0.05) is 12.1 Å². The van der Waals surface area contributed by atoms with E-state index < -0.39 is 0 Å². The molecule has 1 heterocycles. The number of rotatable bonds is 3. The van der Waals surface area contributed by atoms with Gasteiger partial charge in [-0.15, -0.1) is 0 Å². The molecule has 0 N–H and O–H groups in total. The van der Waals surface area contributed by atoms with E-state index in [4.69, 9.17) is 0 Å². The number of nitrogens with zero attached hydrogens (tertiary/aromatic N) is 2. The first-order valence-electron chi connectivity index (χ1n) is 7.79. The first-order valence-corrected chi connectivity index (χ1v) is 7.79. The van der Waals surface area contributed by atoms with Crippen LogP contribution >= 0.6 is 0 Å². The molecule has 3 rings (SSSR count). The number of anilines is 1. The summed E-state index contributed by atoms with van der Waals surface area (Å²) in [5.74, 6) is -0.154. The normalized spacial score (nSPS) is 15.0. The predicted octanol–water partition coefficient (Wildman–Crippen LogP) is 4.79.